The molecule has 1 atom stereocenters. The molecule has 0 amide bonds. The zero-order chi connectivity index (χ0) is 13.7. The lowest BCUT2D eigenvalue weighted by Crippen LogP contribution is -2.45. The summed E-state index contributed by atoms with van der Waals surface area (Å²) in [5.41, 5.74) is 0. The minimum absolute atomic E-state index is 0.254. The van der Waals surface area contributed by atoms with E-state index in [1.807, 2.05) is 7.05 Å². The van der Waals surface area contributed by atoms with Crippen LogP contribution in [0.5, 0.6) is 0 Å². The summed E-state index contributed by atoms with van der Waals surface area (Å²) < 4.78 is 31.4. The average Bonchev–Trinajstić information content (AvgIpc) is 2.90. The molecule has 0 spiro atoms. The van der Waals surface area contributed by atoms with Crippen molar-refractivity contribution >= 4 is 10.0 Å². The smallest absolute Gasteiger partial charge is 0.214 e. The summed E-state index contributed by atoms with van der Waals surface area (Å²) in [6.07, 6.45) is 1.63. The van der Waals surface area contributed by atoms with E-state index in [2.05, 4.69) is 10.2 Å². The van der Waals surface area contributed by atoms with E-state index in [0.717, 1.165) is 39.3 Å². The van der Waals surface area contributed by atoms with Crippen molar-refractivity contribution in [1.29, 1.82) is 0 Å². The maximum absolute atomic E-state index is 12.2. The predicted octanol–water partition coefficient (Wildman–Crippen LogP) is -0.668. The van der Waals surface area contributed by atoms with Crippen LogP contribution in [0, 0.1) is 0 Å². The Morgan fingerprint density at radius 1 is 1.26 bits per heavy atom. The van der Waals surface area contributed by atoms with Crippen molar-refractivity contribution < 1.29 is 13.2 Å². The summed E-state index contributed by atoms with van der Waals surface area (Å²) in [5.74, 6) is 0.254. The van der Waals surface area contributed by atoms with Crippen LogP contribution in [0.3, 0.4) is 0 Å². The van der Waals surface area contributed by atoms with Crippen LogP contribution in [0.25, 0.3) is 0 Å². The summed E-state index contributed by atoms with van der Waals surface area (Å²) in [6.45, 7) is 5.47. The third kappa shape index (κ3) is 4.13. The average molecular weight is 291 g/mol. The first-order valence-electron chi connectivity index (χ1n) is 7.08. The van der Waals surface area contributed by atoms with Gasteiger partial charge in [0.15, 0.2) is 0 Å². The number of nitrogens with one attached hydrogen (secondary N) is 1. The van der Waals surface area contributed by atoms with E-state index in [1.54, 1.807) is 4.31 Å². The van der Waals surface area contributed by atoms with Gasteiger partial charge in [-0.3, -0.25) is 4.90 Å². The lowest BCUT2D eigenvalue weighted by molar-refractivity contribution is 0.0197. The van der Waals surface area contributed by atoms with Gasteiger partial charge in [0.25, 0.3) is 0 Å². The Morgan fingerprint density at radius 3 is 2.68 bits per heavy atom. The van der Waals surface area contributed by atoms with Gasteiger partial charge < -0.3 is 10.1 Å². The van der Waals surface area contributed by atoms with Gasteiger partial charge in [-0.15, -0.1) is 0 Å². The molecule has 1 N–H and O–H groups in total. The van der Waals surface area contributed by atoms with E-state index in [4.69, 9.17) is 4.74 Å². The molecule has 2 saturated heterocycles. The molecule has 7 heteroatoms. The van der Waals surface area contributed by atoms with Gasteiger partial charge in [-0.25, -0.2) is 12.7 Å². The Hall–Kier alpha value is -0.210. The first-order valence-corrected chi connectivity index (χ1v) is 8.68. The summed E-state index contributed by atoms with van der Waals surface area (Å²) in [4.78, 5) is 2.37. The largest absolute Gasteiger partial charge is 0.379 e. The highest BCUT2D eigenvalue weighted by Gasteiger charge is 2.34. The maximum atomic E-state index is 12.2. The van der Waals surface area contributed by atoms with Crippen LogP contribution in [0.1, 0.15) is 12.8 Å². The molecule has 0 aromatic carbocycles. The minimum Gasteiger partial charge on any atom is -0.379 e. The topological polar surface area (TPSA) is 61.9 Å². The molecule has 1 unspecified atom stereocenters. The molecule has 2 aliphatic rings. The van der Waals surface area contributed by atoms with Crippen molar-refractivity contribution in [3.05, 3.63) is 0 Å². The molecular formula is C12H25N3O3S. The third-order valence-corrected chi connectivity index (χ3v) is 5.83. The molecule has 0 aromatic heterocycles. The van der Waals surface area contributed by atoms with Crippen molar-refractivity contribution in [2.75, 3.05) is 58.7 Å². The fourth-order valence-corrected chi connectivity index (χ4v) is 4.31. The summed E-state index contributed by atoms with van der Waals surface area (Å²) in [5, 5.41) is 2.99. The molecule has 2 aliphatic heterocycles. The quantitative estimate of drug-likeness (QED) is 0.658. The first-order chi connectivity index (χ1) is 9.13. The summed E-state index contributed by atoms with van der Waals surface area (Å²) in [7, 11) is -1.22. The monoisotopic (exact) mass is 291 g/mol. The summed E-state index contributed by atoms with van der Waals surface area (Å²) >= 11 is 0. The zero-order valence-electron chi connectivity index (χ0n) is 11.7. The molecule has 19 heavy (non-hydrogen) atoms. The van der Waals surface area contributed by atoms with E-state index in [-0.39, 0.29) is 5.75 Å². The Balaban J connectivity index is 1.83. The fraction of sp³-hybridized carbons (Fsp3) is 1.00. The Labute approximate surface area is 116 Å². The van der Waals surface area contributed by atoms with Gasteiger partial charge in [0.2, 0.25) is 10.0 Å². The maximum Gasteiger partial charge on any atom is 0.214 e. The second kappa shape index (κ2) is 6.99. The van der Waals surface area contributed by atoms with Gasteiger partial charge in [-0.2, -0.15) is 0 Å². The number of morpholine rings is 1. The van der Waals surface area contributed by atoms with E-state index >= 15 is 0 Å². The van der Waals surface area contributed by atoms with Gasteiger partial charge in [0.1, 0.15) is 0 Å². The molecule has 0 aromatic rings. The highest BCUT2D eigenvalue weighted by atomic mass is 32.2. The molecule has 2 rings (SSSR count). The van der Waals surface area contributed by atoms with Crippen LogP contribution in [0.4, 0.5) is 0 Å². The van der Waals surface area contributed by atoms with E-state index < -0.39 is 10.0 Å². The van der Waals surface area contributed by atoms with Gasteiger partial charge in [-0.1, -0.05) is 0 Å². The molecule has 2 heterocycles. The molecule has 0 radical (unpaired) electrons. The van der Waals surface area contributed by atoms with Crippen LogP contribution in [-0.4, -0.2) is 82.4 Å². The number of hydrogen-bond acceptors (Lipinski definition) is 5. The second-order valence-corrected chi connectivity index (χ2v) is 7.31. The molecule has 0 bridgehead atoms. The predicted molar refractivity (Wildman–Crippen MR) is 74.7 cm³/mol. The number of rotatable bonds is 6. The summed E-state index contributed by atoms with van der Waals surface area (Å²) in [6, 6.07) is 0.378. The standard InChI is InChI=1S/C12H25N3O3S/c1-13-4-2-10-19(16,17)15-5-3-12(11-15)14-6-8-18-9-7-14/h12-13H,2-11H2,1H3. The Kier molecular flexibility index (Phi) is 5.58. The molecule has 112 valence electrons. The second-order valence-electron chi connectivity index (χ2n) is 5.22. The molecule has 0 aliphatic carbocycles. The van der Waals surface area contributed by atoms with Gasteiger partial charge in [-0.05, 0) is 26.4 Å². The minimum atomic E-state index is -3.07. The lowest BCUT2D eigenvalue weighted by Gasteiger charge is -2.32. The van der Waals surface area contributed by atoms with Gasteiger partial charge >= 0.3 is 0 Å². The molecule has 2 fully saturated rings. The van der Waals surface area contributed by atoms with Crippen LogP contribution in [0.2, 0.25) is 0 Å². The van der Waals surface area contributed by atoms with Crippen LogP contribution in [-0.2, 0) is 14.8 Å². The highest BCUT2D eigenvalue weighted by Crippen LogP contribution is 2.20. The van der Waals surface area contributed by atoms with Crippen molar-refractivity contribution in [3.63, 3.8) is 0 Å². The van der Waals surface area contributed by atoms with Crippen molar-refractivity contribution in [2.24, 2.45) is 0 Å². The molecule has 6 nitrogen and oxygen atoms in total. The Morgan fingerprint density at radius 2 is 2.00 bits per heavy atom. The number of nitrogens with zero attached hydrogens (tertiary/aromatic N) is 2. The lowest BCUT2D eigenvalue weighted by atomic mass is 10.2. The molecule has 0 saturated carbocycles. The Bertz CT molecular complexity index is 368. The van der Waals surface area contributed by atoms with Gasteiger partial charge in [0.05, 0.1) is 19.0 Å². The van der Waals surface area contributed by atoms with Crippen LogP contribution >= 0.6 is 0 Å². The highest BCUT2D eigenvalue weighted by molar-refractivity contribution is 7.89. The van der Waals surface area contributed by atoms with Crippen molar-refractivity contribution in [2.45, 2.75) is 18.9 Å². The number of hydrogen-bond donors (Lipinski definition) is 1. The number of ether oxygens (including phenoxy) is 1. The number of sulfonamides is 1. The van der Waals surface area contributed by atoms with Crippen molar-refractivity contribution in [3.8, 4) is 0 Å². The SMILES string of the molecule is CNCCCS(=O)(=O)N1CCC(N2CCOCC2)C1. The van der Waals surface area contributed by atoms with Gasteiger partial charge in [0, 0.05) is 32.2 Å². The van der Waals surface area contributed by atoms with Crippen molar-refractivity contribution in [1.82, 2.24) is 14.5 Å². The molecular weight excluding hydrogens is 266 g/mol. The van der Waals surface area contributed by atoms with Crippen LogP contribution < -0.4 is 5.32 Å². The van der Waals surface area contributed by atoms with E-state index in [9.17, 15) is 8.42 Å². The zero-order valence-corrected chi connectivity index (χ0v) is 12.5. The van der Waals surface area contributed by atoms with Crippen LogP contribution in [0.15, 0.2) is 0 Å². The van der Waals surface area contributed by atoms with E-state index in [1.165, 1.54) is 0 Å². The fourth-order valence-electron chi connectivity index (χ4n) is 2.76. The first kappa shape index (κ1) is 15.2. The van der Waals surface area contributed by atoms with E-state index in [0.29, 0.717) is 25.6 Å². The third-order valence-electron chi connectivity index (χ3n) is 3.91. The normalized spacial score (nSPS) is 26.9.